The van der Waals surface area contributed by atoms with Crippen molar-refractivity contribution in [2.75, 3.05) is 23.0 Å². The average Bonchev–Trinajstić information content (AvgIpc) is 3.53. The zero-order valence-electron chi connectivity index (χ0n) is 18.8. The van der Waals surface area contributed by atoms with Crippen molar-refractivity contribution in [3.05, 3.63) is 77.5 Å². The van der Waals surface area contributed by atoms with Crippen LogP contribution in [0.1, 0.15) is 34.1 Å². The lowest BCUT2D eigenvalue weighted by Crippen LogP contribution is -2.29. The monoisotopic (exact) mass is 472 g/mol. The smallest absolute Gasteiger partial charge is 0.259 e. The molecule has 1 fully saturated rings. The molecule has 2 aliphatic rings. The van der Waals surface area contributed by atoms with Crippen molar-refractivity contribution in [2.45, 2.75) is 25.8 Å². The van der Waals surface area contributed by atoms with Crippen LogP contribution in [0.5, 0.6) is 0 Å². The third kappa shape index (κ3) is 3.40. The predicted molar refractivity (Wildman–Crippen MR) is 132 cm³/mol. The van der Waals surface area contributed by atoms with Crippen molar-refractivity contribution < 1.29 is 13.2 Å². The van der Waals surface area contributed by atoms with Gasteiger partial charge in [0.2, 0.25) is 0 Å². The van der Waals surface area contributed by atoms with Crippen molar-refractivity contribution in [3.8, 4) is 11.3 Å². The molecule has 6 rings (SSSR count). The Morgan fingerprint density at radius 1 is 1.06 bits per heavy atom. The SMILES string of the molecule is Cc1nn([C@H]2CCS(=O)(=O)C2)c2nc(-c3ccccc3)cc(C(=O)N3CCc4ccccc43)c12. The summed E-state index contributed by atoms with van der Waals surface area (Å²) in [7, 11) is -3.10. The Morgan fingerprint density at radius 3 is 2.59 bits per heavy atom. The molecule has 1 amide bonds. The molecule has 0 radical (unpaired) electrons. The first-order chi connectivity index (χ1) is 16.4. The Balaban J connectivity index is 1.55. The van der Waals surface area contributed by atoms with E-state index >= 15 is 0 Å². The van der Waals surface area contributed by atoms with Gasteiger partial charge in [-0.3, -0.25) is 4.79 Å². The van der Waals surface area contributed by atoms with Gasteiger partial charge in [-0.15, -0.1) is 0 Å². The van der Waals surface area contributed by atoms with E-state index in [-0.39, 0.29) is 23.5 Å². The summed E-state index contributed by atoms with van der Waals surface area (Å²) in [5, 5.41) is 5.40. The zero-order chi connectivity index (χ0) is 23.4. The molecule has 0 spiro atoms. The van der Waals surface area contributed by atoms with E-state index in [1.807, 2.05) is 66.4 Å². The second-order valence-corrected chi connectivity index (χ2v) is 11.3. The molecule has 0 aliphatic carbocycles. The van der Waals surface area contributed by atoms with Gasteiger partial charge in [0.25, 0.3) is 5.91 Å². The molecule has 4 heterocycles. The quantitative estimate of drug-likeness (QED) is 0.450. The minimum atomic E-state index is -3.10. The first-order valence-corrected chi connectivity index (χ1v) is 13.3. The molecule has 0 bridgehead atoms. The molecule has 34 heavy (non-hydrogen) atoms. The summed E-state index contributed by atoms with van der Waals surface area (Å²) in [6.07, 6.45) is 1.32. The van der Waals surface area contributed by atoms with Gasteiger partial charge in [-0.05, 0) is 37.5 Å². The van der Waals surface area contributed by atoms with Gasteiger partial charge in [-0.2, -0.15) is 5.10 Å². The van der Waals surface area contributed by atoms with Crippen LogP contribution < -0.4 is 4.90 Å². The molecular weight excluding hydrogens is 448 g/mol. The van der Waals surface area contributed by atoms with E-state index in [2.05, 4.69) is 6.07 Å². The molecule has 0 unspecified atom stereocenters. The van der Waals surface area contributed by atoms with E-state index in [0.717, 1.165) is 23.2 Å². The number of benzene rings is 2. The second-order valence-electron chi connectivity index (χ2n) is 9.04. The molecule has 2 aromatic heterocycles. The van der Waals surface area contributed by atoms with E-state index in [0.29, 0.717) is 41.0 Å². The number of fused-ring (bicyclic) bond motifs is 2. The van der Waals surface area contributed by atoms with Gasteiger partial charge in [0.15, 0.2) is 15.5 Å². The minimum Gasteiger partial charge on any atom is -0.308 e. The molecule has 2 aliphatic heterocycles. The van der Waals surface area contributed by atoms with Crippen molar-refractivity contribution in [2.24, 2.45) is 0 Å². The van der Waals surface area contributed by atoms with Crippen LogP contribution in [-0.4, -0.2) is 47.1 Å². The fourth-order valence-electron chi connectivity index (χ4n) is 5.16. The van der Waals surface area contributed by atoms with Crippen molar-refractivity contribution in [3.63, 3.8) is 0 Å². The summed E-state index contributed by atoms with van der Waals surface area (Å²) < 4.78 is 26.1. The number of anilines is 1. The van der Waals surface area contributed by atoms with Crippen molar-refractivity contribution in [1.82, 2.24) is 14.8 Å². The fourth-order valence-corrected chi connectivity index (χ4v) is 6.85. The Kier molecular flexibility index (Phi) is 4.81. The number of carbonyl (C=O) groups is 1. The molecule has 0 saturated carbocycles. The third-order valence-electron chi connectivity index (χ3n) is 6.82. The van der Waals surface area contributed by atoms with Gasteiger partial charge in [-0.25, -0.2) is 18.1 Å². The van der Waals surface area contributed by atoms with Gasteiger partial charge in [0.05, 0.1) is 39.9 Å². The van der Waals surface area contributed by atoms with E-state index < -0.39 is 9.84 Å². The minimum absolute atomic E-state index is 0.0449. The highest BCUT2D eigenvalue weighted by Crippen LogP contribution is 2.35. The summed E-state index contributed by atoms with van der Waals surface area (Å²) in [5.74, 6) is 0.104. The summed E-state index contributed by atoms with van der Waals surface area (Å²) in [6, 6.07) is 19.3. The van der Waals surface area contributed by atoms with Crippen molar-refractivity contribution in [1.29, 1.82) is 0 Å². The largest absolute Gasteiger partial charge is 0.308 e. The second kappa shape index (κ2) is 7.77. The van der Waals surface area contributed by atoms with Gasteiger partial charge in [-0.1, -0.05) is 48.5 Å². The molecule has 8 heteroatoms. The van der Waals surface area contributed by atoms with Crippen LogP contribution in [0.4, 0.5) is 5.69 Å². The van der Waals surface area contributed by atoms with Gasteiger partial charge in [0, 0.05) is 17.8 Å². The lowest BCUT2D eigenvalue weighted by Gasteiger charge is -2.19. The Hall–Kier alpha value is -3.52. The number of rotatable bonds is 3. The van der Waals surface area contributed by atoms with Gasteiger partial charge in [0.1, 0.15) is 0 Å². The van der Waals surface area contributed by atoms with Gasteiger partial charge >= 0.3 is 0 Å². The molecule has 172 valence electrons. The predicted octanol–water partition coefficient (Wildman–Crippen LogP) is 3.97. The van der Waals surface area contributed by atoms with E-state index in [1.54, 1.807) is 4.68 Å². The fraction of sp³-hybridized carbons (Fsp3) is 0.269. The number of para-hydroxylation sites is 1. The number of sulfone groups is 1. The normalized spacial score (nSPS) is 19.0. The van der Waals surface area contributed by atoms with E-state index in [1.165, 1.54) is 0 Å². The van der Waals surface area contributed by atoms with Crippen LogP contribution in [-0.2, 0) is 16.3 Å². The Morgan fingerprint density at radius 2 is 1.82 bits per heavy atom. The van der Waals surface area contributed by atoms with E-state index in [9.17, 15) is 13.2 Å². The number of aromatic nitrogens is 3. The maximum atomic E-state index is 14.0. The summed E-state index contributed by atoms with van der Waals surface area (Å²) in [4.78, 5) is 20.7. The van der Waals surface area contributed by atoms with Crippen LogP contribution in [0.3, 0.4) is 0 Å². The number of carbonyl (C=O) groups excluding carboxylic acids is 1. The highest BCUT2D eigenvalue weighted by atomic mass is 32.2. The average molecular weight is 473 g/mol. The van der Waals surface area contributed by atoms with Crippen LogP contribution in [0.15, 0.2) is 60.7 Å². The number of aryl methyl sites for hydroxylation is 1. The standard InChI is InChI=1S/C26H24N4O3S/c1-17-24-21(26(31)29-13-11-19-9-5-6-10-23(19)29)15-22(18-7-3-2-4-8-18)27-25(24)30(28-17)20-12-14-34(32,33)16-20/h2-10,15,20H,11-14,16H2,1H3/t20-/m0/s1. The highest BCUT2D eigenvalue weighted by molar-refractivity contribution is 7.91. The molecule has 7 nitrogen and oxygen atoms in total. The van der Waals surface area contributed by atoms with Gasteiger partial charge < -0.3 is 4.90 Å². The summed E-state index contributed by atoms with van der Waals surface area (Å²) >= 11 is 0. The third-order valence-corrected chi connectivity index (χ3v) is 8.57. The molecule has 1 saturated heterocycles. The maximum Gasteiger partial charge on any atom is 0.259 e. The molecule has 4 aromatic rings. The van der Waals surface area contributed by atoms with Crippen LogP contribution >= 0.6 is 0 Å². The van der Waals surface area contributed by atoms with Crippen LogP contribution in [0, 0.1) is 6.92 Å². The molecule has 2 aromatic carbocycles. The number of nitrogens with zero attached hydrogens (tertiary/aromatic N) is 4. The Bertz CT molecular complexity index is 1540. The Labute approximate surface area is 198 Å². The summed E-state index contributed by atoms with van der Waals surface area (Å²) in [6.45, 7) is 2.48. The number of hydrogen-bond acceptors (Lipinski definition) is 5. The lowest BCUT2D eigenvalue weighted by molar-refractivity contribution is 0.0991. The maximum absolute atomic E-state index is 14.0. The molecule has 1 atom stereocenters. The first-order valence-electron chi connectivity index (χ1n) is 11.5. The highest BCUT2D eigenvalue weighted by Gasteiger charge is 2.34. The van der Waals surface area contributed by atoms with Crippen molar-refractivity contribution >= 4 is 32.5 Å². The topological polar surface area (TPSA) is 85.2 Å². The molecular formula is C26H24N4O3S. The zero-order valence-corrected chi connectivity index (χ0v) is 19.6. The van der Waals surface area contributed by atoms with Crippen LogP contribution in [0.2, 0.25) is 0 Å². The number of hydrogen-bond donors (Lipinski definition) is 0. The van der Waals surface area contributed by atoms with E-state index in [4.69, 9.17) is 10.1 Å². The summed E-state index contributed by atoms with van der Waals surface area (Å²) in [5.41, 5.74) is 5.46. The number of amides is 1. The number of pyridine rings is 1. The lowest BCUT2D eigenvalue weighted by atomic mass is 10.0. The first kappa shape index (κ1) is 21.0. The van der Waals surface area contributed by atoms with Crippen LogP contribution in [0.25, 0.3) is 22.3 Å². The molecule has 0 N–H and O–H groups in total.